The molecule has 3 unspecified atom stereocenters. The van der Waals surface area contributed by atoms with Gasteiger partial charge < -0.3 is 10.3 Å². The lowest BCUT2D eigenvalue weighted by molar-refractivity contribution is 0.336. The highest BCUT2D eigenvalue weighted by molar-refractivity contribution is 5.79. The van der Waals surface area contributed by atoms with Crippen molar-refractivity contribution in [2.75, 3.05) is 5.73 Å². The lowest BCUT2D eigenvalue weighted by Gasteiger charge is -2.22. The molecule has 0 amide bonds. The first-order valence-corrected chi connectivity index (χ1v) is 7.36. The zero-order valence-electron chi connectivity index (χ0n) is 12.1. The zero-order chi connectivity index (χ0) is 13.6. The van der Waals surface area contributed by atoms with Crippen molar-refractivity contribution in [3.63, 3.8) is 0 Å². The number of anilines is 1. The van der Waals surface area contributed by atoms with E-state index in [2.05, 4.69) is 48.5 Å². The fourth-order valence-electron chi connectivity index (χ4n) is 3.74. The second-order valence-electron chi connectivity index (χ2n) is 6.00. The minimum atomic E-state index is 0.511. The van der Waals surface area contributed by atoms with Crippen LogP contribution in [0.2, 0.25) is 0 Å². The maximum absolute atomic E-state index is 6.18. The van der Waals surface area contributed by atoms with Gasteiger partial charge in [-0.1, -0.05) is 26.3 Å². The molecular formula is C16H23N3. The van der Waals surface area contributed by atoms with Crippen molar-refractivity contribution in [3.05, 3.63) is 23.8 Å². The standard InChI is InChI=1S/C16H23N3/c1-4-12-6-8-14(11(12)3)19-15-9-10(2)5-7-13(15)18-16(19)17/h5,7,9,11-12,14H,4,6,8H2,1-3H3,(H2,17,18). The zero-order valence-corrected chi connectivity index (χ0v) is 12.1. The van der Waals surface area contributed by atoms with Gasteiger partial charge in [0.25, 0.3) is 0 Å². The van der Waals surface area contributed by atoms with E-state index in [1.165, 1.54) is 30.3 Å². The van der Waals surface area contributed by atoms with Gasteiger partial charge in [0.2, 0.25) is 5.95 Å². The molecule has 19 heavy (non-hydrogen) atoms. The molecule has 1 aliphatic carbocycles. The Balaban J connectivity index is 2.10. The molecule has 0 radical (unpaired) electrons. The monoisotopic (exact) mass is 257 g/mol. The number of hydrogen-bond acceptors (Lipinski definition) is 2. The van der Waals surface area contributed by atoms with Crippen LogP contribution < -0.4 is 5.73 Å². The van der Waals surface area contributed by atoms with E-state index >= 15 is 0 Å². The first-order chi connectivity index (χ1) is 9.11. The summed E-state index contributed by atoms with van der Waals surface area (Å²) in [5, 5.41) is 0. The molecule has 3 rings (SSSR count). The molecule has 0 saturated heterocycles. The van der Waals surface area contributed by atoms with Gasteiger partial charge in [-0.3, -0.25) is 0 Å². The number of nitrogens with zero attached hydrogens (tertiary/aromatic N) is 2. The van der Waals surface area contributed by atoms with Crippen molar-refractivity contribution in [2.24, 2.45) is 11.8 Å². The summed E-state index contributed by atoms with van der Waals surface area (Å²) in [5.74, 6) is 2.19. The van der Waals surface area contributed by atoms with Gasteiger partial charge in [-0.25, -0.2) is 4.98 Å². The number of benzene rings is 1. The summed E-state index contributed by atoms with van der Waals surface area (Å²) >= 11 is 0. The average Bonchev–Trinajstić information content (AvgIpc) is 2.89. The Morgan fingerprint density at radius 3 is 2.84 bits per heavy atom. The Hall–Kier alpha value is -1.51. The van der Waals surface area contributed by atoms with Crippen molar-refractivity contribution < 1.29 is 0 Å². The van der Waals surface area contributed by atoms with E-state index in [0.717, 1.165) is 11.4 Å². The van der Waals surface area contributed by atoms with Gasteiger partial charge in [-0.2, -0.15) is 0 Å². The van der Waals surface area contributed by atoms with E-state index in [-0.39, 0.29) is 0 Å². The molecule has 1 saturated carbocycles. The van der Waals surface area contributed by atoms with Gasteiger partial charge in [-0.15, -0.1) is 0 Å². The van der Waals surface area contributed by atoms with Crippen LogP contribution in [0.25, 0.3) is 11.0 Å². The van der Waals surface area contributed by atoms with Crippen LogP contribution in [0.5, 0.6) is 0 Å². The molecular weight excluding hydrogens is 234 g/mol. The number of imidazole rings is 1. The molecule has 0 spiro atoms. The van der Waals surface area contributed by atoms with Gasteiger partial charge in [0.15, 0.2) is 0 Å². The average molecular weight is 257 g/mol. The van der Waals surface area contributed by atoms with Crippen LogP contribution in [0.3, 0.4) is 0 Å². The van der Waals surface area contributed by atoms with E-state index in [0.29, 0.717) is 17.9 Å². The molecule has 2 aromatic rings. The van der Waals surface area contributed by atoms with Crippen molar-refractivity contribution in [3.8, 4) is 0 Å². The molecule has 0 bridgehead atoms. The number of aromatic nitrogens is 2. The fourth-order valence-corrected chi connectivity index (χ4v) is 3.74. The van der Waals surface area contributed by atoms with E-state index in [9.17, 15) is 0 Å². The number of nitrogen functional groups attached to an aromatic ring is 1. The van der Waals surface area contributed by atoms with Crippen molar-refractivity contribution in [1.82, 2.24) is 9.55 Å². The maximum atomic E-state index is 6.18. The Morgan fingerprint density at radius 2 is 2.16 bits per heavy atom. The molecule has 2 N–H and O–H groups in total. The predicted molar refractivity (Wildman–Crippen MR) is 80.1 cm³/mol. The van der Waals surface area contributed by atoms with Crippen LogP contribution in [0, 0.1) is 18.8 Å². The van der Waals surface area contributed by atoms with E-state index in [1.54, 1.807) is 0 Å². The highest BCUT2D eigenvalue weighted by Gasteiger charge is 2.34. The first kappa shape index (κ1) is 12.5. The number of nitrogens with two attached hydrogens (primary N) is 1. The molecule has 1 aliphatic rings. The van der Waals surface area contributed by atoms with Crippen LogP contribution in [0.15, 0.2) is 18.2 Å². The maximum Gasteiger partial charge on any atom is 0.201 e. The topological polar surface area (TPSA) is 43.8 Å². The third kappa shape index (κ3) is 1.92. The van der Waals surface area contributed by atoms with Crippen molar-refractivity contribution >= 4 is 17.0 Å². The van der Waals surface area contributed by atoms with Crippen LogP contribution in [0.4, 0.5) is 5.95 Å². The number of aryl methyl sites for hydroxylation is 1. The molecule has 1 aromatic carbocycles. The second-order valence-corrected chi connectivity index (χ2v) is 6.00. The minimum absolute atomic E-state index is 0.511. The summed E-state index contributed by atoms with van der Waals surface area (Å²) < 4.78 is 2.28. The fraction of sp³-hybridized carbons (Fsp3) is 0.562. The molecule has 1 heterocycles. The van der Waals surface area contributed by atoms with Gasteiger partial charge in [0.1, 0.15) is 0 Å². The van der Waals surface area contributed by atoms with Crippen LogP contribution >= 0.6 is 0 Å². The Labute approximate surface area is 114 Å². The largest absolute Gasteiger partial charge is 0.369 e. The Morgan fingerprint density at radius 1 is 1.37 bits per heavy atom. The molecule has 3 atom stereocenters. The summed E-state index contributed by atoms with van der Waals surface area (Å²) in [5.41, 5.74) is 9.68. The number of hydrogen-bond donors (Lipinski definition) is 1. The second kappa shape index (κ2) is 4.55. The summed E-state index contributed by atoms with van der Waals surface area (Å²) in [7, 11) is 0. The highest BCUT2D eigenvalue weighted by Crippen LogP contribution is 2.44. The van der Waals surface area contributed by atoms with Gasteiger partial charge in [0, 0.05) is 6.04 Å². The normalized spacial score (nSPS) is 27.2. The van der Waals surface area contributed by atoms with E-state index < -0.39 is 0 Å². The van der Waals surface area contributed by atoms with E-state index in [4.69, 9.17) is 5.73 Å². The van der Waals surface area contributed by atoms with E-state index in [1.807, 2.05) is 0 Å². The lowest BCUT2D eigenvalue weighted by atomic mass is 9.93. The smallest absolute Gasteiger partial charge is 0.201 e. The SMILES string of the molecule is CCC1CCC(n2c(N)nc3ccc(C)cc32)C1C. The summed E-state index contributed by atoms with van der Waals surface area (Å²) in [6.07, 6.45) is 3.81. The molecule has 3 heteroatoms. The molecule has 1 fully saturated rings. The van der Waals surface area contributed by atoms with Crippen LogP contribution in [-0.4, -0.2) is 9.55 Å². The summed E-state index contributed by atoms with van der Waals surface area (Å²) in [6, 6.07) is 6.90. The first-order valence-electron chi connectivity index (χ1n) is 7.36. The van der Waals surface area contributed by atoms with Crippen LogP contribution in [0.1, 0.15) is 44.7 Å². The van der Waals surface area contributed by atoms with Crippen molar-refractivity contribution in [1.29, 1.82) is 0 Å². The molecule has 102 valence electrons. The van der Waals surface area contributed by atoms with Gasteiger partial charge in [0.05, 0.1) is 11.0 Å². The quantitative estimate of drug-likeness (QED) is 0.886. The Bertz CT molecular complexity index is 599. The lowest BCUT2D eigenvalue weighted by Crippen LogP contribution is -2.17. The summed E-state index contributed by atoms with van der Waals surface area (Å²) in [6.45, 7) is 6.79. The Kier molecular flexibility index (Phi) is 3.00. The minimum Gasteiger partial charge on any atom is -0.369 e. The molecule has 0 aliphatic heterocycles. The third-order valence-corrected chi connectivity index (χ3v) is 4.91. The van der Waals surface area contributed by atoms with Crippen LogP contribution in [-0.2, 0) is 0 Å². The molecule has 1 aromatic heterocycles. The number of rotatable bonds is 2. The molecule has 3 nitrogen and oxygen atoms in total. The highest BCUT2D eigenvalue weighted by atomic mass is 15.2. The summed E-state index contributed by atoms with van der Waals surface area (Å²) in [4.78, 5) is 4.52. The third-order valence-electron chi connectivity index (χ3n) is 4.91. The van der Waals surface area contributed by atoms with Crippen molar-refractivity contribution in [2.45, 2.75) is 46.1 Å². The number of fused-ring (bicyclic) bond motifs is 1. The predicted octanol–water partition coefficient (Wildman–Crippen LogP) is 3.92. The van der Waals surface area contributed by atoms with Gasteiger partial charge in [-0.05, 0) is 49.3 Å². The van der Waals surface area contributed by atoms with Gasteiger partial charge >= 0.3 is 0 Å².